The first-order valence-electron chi connectivity index (χ1n) is 4.40. The fourth-order valence-corrected chi connectivity index (χ4v) is 1.15. The fraction of sp³-hybridized carbons (Fsp3) is 0.889. The number of hydrogen-bond acceptors (Lipinski definition) is 3. The van der Waals surface area contributed by atoms with Crippen LogP contribution in [-0.2, 0) is 4.74 Å². The molecule has 4 nitrogen and oxygen atoms in total. The molecular formula is C9H19NO3. The van der Waals surface area contributed by atoms with E-state index in [0.29, 0.717) is 0 Å². The van der Waals surface area contributed by atoms with E-state index in [-0.39, 0.29) is 5.92 Å². The molecule has 0 aliphatic heterocycles. The van der Waals surface area contributed by atoms with Gasteiger partial charge in [0.15, 0.2) is 0 Å². The molecule has 0 fully saturated rings. The summed E-state index contributed by atoms with van der Waals surface area (Å²) in [6.45, 7) is 7.12. The van der Waals surface area contributed by atoms with Crippen LogP contribution < -0.4 is 5.32 Å². The molecule has 0 saturated heterocycles. The van der Waals surface area contributed by atoms with Crippen molar-refractivity contribution in [1.29, 1.82) is 0 Å². The quantitative estimate of drug-likeness (QED) is 0.700. The van der Waals surface area contributed by atoms with E-state index in [9.17, 15) is 9.90 Å². The minimum atomic E-state index is -0.853. The summed E-state index contributed by atoms with van der Waals surface area (Å²) in [6, 6.07) is 0. The number of rotatable bonds is 3. The largest absolute Gasteiger partial charge is 0.441 e. The summed E-state index contributed by atoms with van der Waals surface area (Å²) in [7, 11) is 1.49. The Hall–Kier alpha value is -0.770. The lowest BCUT2D eigenvalue weighted by Gasteiger charge is -2.32. The molecule has 0 bridgehead atoms. The molecule has 1 unspecified atom stereocenters. The number of carbonyl (C=O) groups excluding carboxylic acids is 1. The molecule has 0 radical (unpaired) electrons. The SMILES string of the molecule is CNC(=O)OC(C)(C)C(O)C(C)C. The second kappa shape index (κ2) is 4.46. The van der Waals surface area contributed by atoms with E-state index in [2.05, 4.69) is 5.32 Å². The van der Waals surface area contributed by atoms with Gasteiger partial charge in [-0.2, -0.15) is 0 Å². The summed E-state index contributed by atoms with van der Waals surface area (Å²) in [5, 5.41) is 12.0. The highest BCUT2D eigenvalue weighted by Crippen LogP contribution is 2.20. The minimum Gasteiger partial charge on any atom is -0.441 e. The second-order valence-corrected chi connectivity index (χ2v) is 3.93. The van der Waals surface area contributed by atoms with Gasteiger partial charge in [0.25, 0.3) is 0 Å². The summed E-state index contributed by atoms with van der Waals surface area (Å²) in [5.74, 6) is 0.0552. The summed E-state index contributed by atoms with van der Waals surface area (Å²) in [6.07, 6.45) is -1.19. The van der Waals surface area contributed by atoms with Gasteiger partial charge >= 0.3 is 6.09 Å². The number of aliphatic hydroxyl groups excluding tert-OH is 1. The van der Waals surface area contributed by atoms with E-state index in [1.807, 2.05) is 13.8 Å². The van der Waals surface area contributed by atoms with E-state index in [4.69, 9.17) is 4.74 Å². The number of aliphatic hydroxyl groups is 1. The smallest absolute Gasteiger partial charge is 0.407 e. The zero-order valence-electron chi connectivity index (χ0n) is 8.92. The molecule has 0 aliphatic rings. The highest BCUT2D eigenvalue weighted by atomic mass is 16.6. The van der Waals surface area contributed by atoms with E-state index in [1.165, 1.54) is 7.05 Å². The van der Waals surface area contributed by atoms with Crippen LogP contribution >= 0.6 is 0 Å². The summed E-state index contributed by atoms with van der Waals surface area (Å²) >= 11 is 0. The molecule has 78 valence electrons. The Balaban J connectivity index is 4.29. The molecule has 0 aromatic heterocycles. The molecule has 0 aromatic rings. The number of ether oxygens (including phenoxy) is 1. The standard InChI is InChI=1S/C9H19NO3/c1-6(2)7(11)9(3,4)13-8(12)10-5/h6-7,11H,1-5H3,(H,10,12). The van der Waals surface area contributed by atoms with Crippen molar-refractivity contribution in [2.24, 2.45) is 5.92 Å². The Morgan fingerprint density at radius 3 is 2.23 bits per heavy atom. The van der Waals surface area contributed by atoms with E-state index in [0.717, 1.165) is 0 Å². The third-order valence-electron chi connectivity index (χ3n) is 1.90. The molecule has 0 saturated carbocycles. The third-order valence-corrected chi connectivity index (χ3v) is 1.90. The van der Waals surface area contributed by atoms with Gasteiger partial charge in [0.2, 0.25) is 0 Å². The van der Waals surface area contributed by atoms with E-state index in [1.54, 1.807) is 13.8 Å². The molecule has 0 spiro atoms. The molecule has 0 aliphatic carbocycles. The number of amides is 1. The number of hydrogen-bond donors (Lipinski definition) is 2. The van der Waals surface area contributed by atoms with Crippen molar-refractivity contribution in [2.45, 2.75) is 39.4 Å². The second-order valence-electron chi connectivity index (χ2n) is 3.93. The Morgan fingerprint density at radius 2 is 1.92 bits per heavy atom. The van der Waals surface area contributed by atoms with Crippen molar-refractivity contribution in [1.82, 2.24) is 5.32 Å². The highest BCUT2D eigenvalue weighted by molar-refractivity contribution is 5.67. The van der Waals surface area contributed by atoms with E-state index >= 15 is 0 Å². The summed E-state index contributed by atoms with van der Waals surface area (Å²) < 4.78 is 5.01. The first-order chi connectivity index (χ1) is 5.81. The van der Waals surface area contributed by atoms with Crippen LogP contribution in [0.1, 0.15) is 27.7 Å². The molecule has 13 heavy (non-hydrogen) atoms. The van der Waals surface area contributed by atoms with Crippen molar-refractivity contribution in [3.63, 3.8) is 0 Å². The Labute approximate surface area is 79.3 Å². The molecule has 0 heterocycles. The lowest BCUT2D eigenvalue weighted by atomic mass is 9.92. The van der Waals surface area contributed by atoms with Gasteiger partial charge in [-0.05, 0) is 19.8 Å². The van der Waals surface area contributed by atoms with Gasteiger partial charge in [0.1, 0.15) is 5.60 Å². The Bertz CT molecular complexity index is 178. The van der Waals surface area contributed by atoms with Crippen molar-refractivity contribution < 1.29 is 14.6 Å². The Kier molecular flexibility index (Phi) is 4.20. The van der Waals surface area contributed by atoms with E-state index < -0.39 is 17.8 Å². The number of nitrogens with one attached hydrogen (secondary N) is 1. The van der Waals surface area contributed by atoms with Crippen LogP contribution in [0.4, 0.5) is 4.79 Å². The van der Waals surface area contributed by atoms with Crippen LogP contribution in [0.25, 0.3) is 0 Å². The van der Waals surface area contributed by atoms with Crippen LogP contribution in [0.15, 0.2) is 0 Å². The van der Waals surface area contributed by atoms with Gasteiger partial charge in [0.05, 0.1) is 6.10 Å². The molecule has 0 aromatic carbocycles. The lowest BCUT2D eigenvalue weighted by Crippen LogP contribution is -2.45. The zero-order chi connectivity index (χ0) is 10.6. The number of alkyl carbamates (subject to hydrolysis) is 1. The average molecular weight is 189 g/mol. The van der Waals surface area contributed by atoms with Gasteiger partial charge in [-0.25, -0.2) is 4.79 Å². The Morgan fingerprint density at radius 1 is 1.46 bits per heavy atom. The normalized spacial score (nSPS) is 14.1. The van der Waals surface area contributed by atoms with Gasteiger partial charge in [0, 0.05) is 7.05 Å². The van der Waals surface area contributed by atoms with Gasteiger partial charge in [-0.15, -0.1) is 0 Å². The monoisotopic (exact) mass is 189 g/mol. The number of carbonyl (C=O) groups is 1. The summed E-state index contributed by atoms with van der Waals surface area (Å²) in [4.78, 5) is 10.9. The maximum absolute atomic E-state index is 10.9. The molecule has 4 heteroatoms. The van der Waals surface area contributed by atoms with Gasteiger partial charge in [-0.3, -0.25) is 0 Å². The molecule has 2 N–H and O–H groups in total. The molecule has 0 rings (SSSR count). The third kappa shape index (κ3) is 3.63. The van der Waals surface area contributed by atoms with Crippen LogP contribution in [0.3, 0.4) is 0 Å². The predicted octanol–water partition coefficient (Wildman–Crippen LogP) is 1.14. The molecule has 1 amide bonds. The lowest BCUT2D eigenvalue weighted by molar-refractivity contribution is -0.0762. The molecule has 1 atom stereocenters. The topological polar surface area (TPSA) is 58.6 Å². The first-order valence-corrected chi connectivity index (χ1v) is 4.40. The van der Waals surface area contributed by atoms with Crippen LogP contribution in [0, 0.1) is 5.92 Å². The maximum Gasteiger partial charge on any atom is 0.407 e. The fourth-order valence-electron chi connectivity index (χ4n) is 1.15. The van der Waals surface area contributed by atoms with Gasteiger partial charge < -0.3 is 15.2 Å². The van der Waals surface area contributed by atoms with Crippen LogP contribution in [0.5, 0.6) is 0 Å². The highest BCUT2D eigenvalue weighted by Gasteiger charge is 2.33. The van der Waals surface area contributed by atoms with Crippen LogP contribution in [-0.4, -0.2) is 30.0 Å². The maximum atomic E-state index is 10.9. The average Bonchev–Trinajstić information content (AvgIpc) is 2.01. The minimum absolute atomic E-state index is 0.0552. The first kappa shape index (κ1) is 12.2. The van der Waals surface area contributed by atoms with Crippen molar-refractivity contribution in [2.75, 3.05) is 7.05 Å². The summed E-state index contributed by atoms with van der Waals surface area (Å²) in [5.41, 5.74) is -0.853. The van der Waals surface area contributed by atoms with Crippen molar-refractivity contribution in [3.05, 3.63) is 0 Å². The van der Waals surface area contributed by atoms with Crippen molar-refractivity contribution in [3.8, 4) is 0 Å². The van der Waals surface area contributed by atoms with Gasteiger partial charge in [-0.1, -0.05) is 13.8 Å². The van der Waals surface area contributed by atoms with Crippen molar-refractivity contribution >= 4 is 6.09 Å². The molecular weight excluding hydrogens is 170 g/mol. The zero-order valence-corrected chi connectivity index (χ0v) is 8.92. The predicted molar refractivity (Wildman–Crippen MR) is 50.5 cm³/mol. The van der Waals surface area contributed by atoms with Crippen LogP contribution in [0.2, 0.25) is 0 Å².